The third kappa shape index (κ3) is 4.93. The molecule has 1 amide bonds. The Morgan fingerprint density at radius 2 is 2.29 bits per heavy atom. The highest BCUT2D eigenvalue weighted by atomic mass is 16.7. The molecule has 1 unspecified atom stereocenters. The quantitative estimate of drug-likeness (QED) is 0.470. The van der Waals surface area contributed by atoms with Gasteiger partial charge in [0.2, 0.25) is 0 Å². The summed E-state index contributed by atoms with van der Waals surface area (Å²) in [5.74, 6) is -0.314. The van der Waals surface area contributed by atoms with Gasteiger partial charge in [0.1, 0.15) is 0 Å². The van der Waals surface area contributed by atoms with Crippen molar-refractivity contribution in [2.45, 2.75) is 6.23 Å². The summed E-state index contributed by atoms with van der Waals surface area (Å²) in [6.07, 6.45) is 0.469. The van der Waals surface area contributed by atoms with Crippen molar-refractivity contribution in [3.05, 3.63) is 46.0 Å². The molecule has 0 aromatic heterocycles. The van der Waals surface area contributed by atoms with Crippen LogP contribution >= 0.6 is 0 Å². The van der Waals surface area contributed by atoms with Gasteiger partial charge in [0.25, 0.3) is 5.91 Å². The highest BCUT2D eigenvalue weighted by Gasteiger charge is 2.29. The monoisotopic (exact) mass is 292 g/mol. The summed E-state index contributed by atoms with van der Waals surface area (Å²) in [6.45, 7) is 0.884. The van der Waals surface area contributed by atoms with Crippen LogP contribution in [0.3, 0.4) is 0 Å². The molecule has 2 rings (SSSR count). The first-order valence-electron chi connectivity index (χ1n) is 6.49. The number of rotatable bonds is 5. The van der Waals surface area contributed by atoms with Crippen LogP contribution in [0, 0.1) is 10.1 Å². The van der Waals surface area contributed by atoms with Gasteiger partial charge < -0.3 is 4.74 Å². The van der Waals surface area contributed by atoms with Crippen molar-refractivity contribution in [2.24, 2.45) is 5.10 Å². The minimum absolute atomic E-state index is 0.0554. The van der Waals surface area contributed by atoms with Gasteiger partial charge in [0.15, 0.2) is 0 Å². The zero-order valence-electron chi connectivity index (χ0n) is 11.3. The third-order valence-electron chi connectivity index (χ3n) is 2.94. The van der Waals surface area contributed by atoms with E-state index in [1.54, 1.807) is 4.90 Å². The van der Waals surface area contributed by atoms with Crippen LogP contribution in [0.25, 0.3) is 0 Å². The Balaban J connectivity index is 1.77. The molecule has 0 bridgehead atoms. The van der Waals surface area contributed by atoms with Crippen LogP contribution < -0.4 is 5.43 Å². The van der Waals surface area contributed by atoms with Gasteiger partial charge in [0, 0.05) is 6.54 Å². The van der Waals surface area contributed by atoms with Crippen LogP contribution in [0.1, 0.15) is 5.56 Å². The van der Waals surface area contributed by atoms with Crippen molar-refractivity contribution in [3.63, 3.8) is 0 Å². The van der Waals surface area contributed by atoms with Crippen LogP contribution in [0.2, 0.25) is 0 Å². The lowest BCUT2D eigenvalue weighted by atomic mass is 10.2. The fraction of sp³-hybridized carbons (Fsp3) is 0.385. The van der Waals surface area contributed by atoms with E-state index in [0.717, 1.165) is 5.56 Å². The van der Waals surface area contributed by atoms with Crippen LogP contribution in [-0.2, 0) is 9.53 Å². The number of amides is 1. The fourth-order valence-corrected chi connectivity index (χ4v) is 1.91. The van der Waals surface area contributed by atoms with Crippen LogP contribution in [0.15, 0.2) is 35.4 Å². The van der Waals surface area contributed by atoms with Gasteiger partial charge in [0.05, 0.1) is 30.8 Å². The molecule has 1 aromatic carbocycles. The lowest BCUT2D eigenvalue weighted by molar-refractivity contribution is -0.580. The van der Waals surface area contributed by atoms with E-state index in [1.165, 1.54) is 6.21 Å². The number of ether oxygens (including phenoxy) is 1. The highest BCUT2D eigenvalue weighted by molar-refractivity contribution is 5.83. The van der Waals surface area contributed by atoms with E-state index >= 15 is 0 Å². The summed E-state index contributed by atoms with van der Waals surface area (Å²) in [6, 6.07) is 9.35. The minimum atomic E-state index is -1.07. The molecule has 1 atom stereocenters. The van der Waals surface area contributed by atoms with Gasteiger partial charge in [-0.25, -0.2) is 5.43 Å². The summed E-state index contributed by atoms with van der Waals surface area (Å²) in [7, 11) is 0. The number of nitrogens with one attached hydrogen (secondary N) is 1. The summed E-state index contributed by atoms with van der Waals surface area (Å²) in [4.78, 5) is 23.5. The van der Waals surface area contributed by atoms with Gasteiger partial charge in [-0.1, -0.05) is 30.3 Å². The van der Waals surface area contributed by atoms with Gasteiger partial charge in [-0.15, -0.1) is 0 Å². The van der Waals surface area contributed by atoms with Gasteiger partial charge >= 0.3 is 6.23 Å². The Morgan fingerprint density at radius 1 is 1.52 bits per heavy atom. The van der Waals surface area contributed by atoms with Crippen LogP contribution in [0.4, 0.5) is 0 Å². The second kappa shape index (κ2) is 7.46. The molecule has 21 heavy (non-hydrogen) atoms. The second-order valence-electron chi connectivity index (χ2n) is 4.55. The topological polar surface area (TPSA) is 97.1 Å². The van der Waals surface area contributed by atoms with Crippen molar-refractivity contribution in [3.8, 4) is 0 Å². The van der Waals surface area contributed by atoms with E-state index < -0.39 is 11.2 Å². The Labute approximate surface area is 121 Å². The predicted octanol–water partition coefficient (Wildman–Crippen LogP) is 0.0717. The lowest BCUT2D eigenvalue weighted by Gasteiger charge is -2.27. The van der Waals surface area contributed by atoms with Crippen molar-refractivity contribution < 1.29 is 14.5 Å². The molecule has 1 saturated heterocycles. The highest BCUT2D eigenvalue weighted by Crippen LogP contribution is 2.05. The maximum Gasteiger partial charge on any atom is 0.328 e. The first kappa shape index (κ1) is 15.1. The van der Waals surface area contributed by atoms with Crippen LogP contribution in [-0.4, -0.2) is 54.4 Å². The molecule has 1 aromatic rings. The molecule has 1 N–H and O–H groups in total. The standard InChI is InChI=1S/C13H16N4O4/c18-12(15-14-8-11-4-2-1-3-5-11)9-16-6-7-21-13(10-16)17(19)20/h1-5,8,13H,6-7,9-10H2,(H,15,18)/b14-8+. The zero-order chi connectivity index (χ0) is 15.1. The fourth-order valence-electron chi connectivity index (χ4n) is 1.91. The molecule has 112 valence electrons. The molecule has 0 saturated carbocycles. The lowest BCUT2D eigenvalue weighted by Crippen LogP contribution is -2.48. The summed E-state index contributed by atoms with van der Waals surface area (Å²) in [5, 5.41) is 14.5. The number of carbonyl (C=O) groups excluding carboxylic acids is 1. The molecular formula is C13H16N4O4. The van der Waals surface area contributed by atoms with Crippen molar-refractivity contribution in [2.75, 3.05) is 26.2 Å². The average molecular weight is 292 g/mol. The molecule has 1 heterocycles. The number of benzene rings is 1. The summed E-state index contributed by atoms with van der Waals surface area (Å²) < 4.78 is 4.99. The summed E-state index contributed by atoms with van der Waals surface area (Å²) >= 11 is 0. The maximum atomic E-state index is 11.7. The van der Waals surface area contributed by atoms with Crippen molar-refractivity contribution in [1.82, 2.24) is 10.3 Å². The number of hydrazone groups is 1. The van der Waals surface area contributed by atoms with Gasteiger partial charge in [-0.3, -0.25) is 19.8 Å². The molecule has 1 aliphatic heterocycles. The SMILES string of the molecule is O=C(CN1CCOC([N+](=O)[O-])C1)N/N=C/c1ccccc1. The van der Waals surface area contributed by atoms with Crippen molar-refractivity contribution in [1.29, 1.82) is 0 Å². The smallest absolute Gasteiger partial charge is 0.315 e. The van der Waals surface area contributed by atoms with E-state index in [-0.39, 0.29) is 25.6 Å². The first-order chi connectivity index (χ1) is 10.1. The molecule has 0 spiro atoms. The molecule has 8 heteroatoms. The normalized spacial score (nSPS) is 19.5. The molecule has 1 aliphatic rings. The Hall–Kier alpha value is -2.32. The molecular weight excluding hydrogens is 276 g/mol. The largest absolute Gasteiger partial charge is 0.328 e. The number of morpholine rings is 1. The van der Waals surface area contributed by atoms with E-state index in [2.05, 4.69) is 10.5 Å². The van der Waals surface area contributed by atoms with Crippen molar-refractivity contribution >= 4 is 12.1 Å². The third-order valence-corrected chi connectivity index (χ3v) is 2.94. The average Bonchev–Trinajstić information content (AvgIpc) is 2.48. The van der Waals surface area contributed by atoms with E-state index in [9.17, 15) is 14.9 Å². The number of nitro groups is 1. The molecule has 0 aliphatic carbocycles. The number of hydrogen-bond donors (Lipinski definition) is 1. The van der Waals surface area contributed by atoms with Gasteiger partial charge in [-0.2, -0.15) is 5.10 Å². The predicted molar refractivity (Wildman–Crippen MR) is 75.4 cm³/mol. The van der Waals surface area contributed by atoms with E-state index in [1.807, 2.05) is 30.3 Å². The minimum Gasteiger partial charge on any atom is -0.315 e. The zero-order valence-corrected chi connectivity index (χ0v) is 11.3. The molecule has 0 radical (unpaired) electrons. The molecule has 8 nitrogen and oxygen atoms in total. The first-order valence-corrected chi connectivity index (χ1v) is 6.49. The number of nitrogens with zero attached hydrogens (tertiary/aromatic N) is 3. The maximum absolute atomic E-state index is 11.7. The second-order valence-corrected chi connectivity index (χ2v) is 4.55. The molecule has 1 fully saturated rings. The Kier molecular flexibility index (Phi) is 5.35. The number of hydrogen-bond acceptors (Lipinski definition) is 6. The van der Waals surface area contributed by atoms with E-state index in [4.69, 9.17) is 4.74 Å². The number of carbonyl (C=O) groups is 1. The van der Waals surface area contributed by atoms with Crippen LogP contribution in [0.5, 0.6) is 0 Å². The summed E-state index contributed by atoms with van der Waals surface area (Å²) in [5.41, 5.74) is 3.27. The van der Waals surface area contributed by atoms with E-state index in [0.29, 0.717) is 6.54 Å². The van der Waals surface area contributed by atoms with Gasteiger partial charge in [-0.05, 0) is 5.56 Å². The Morgan fingerprint density at radius 3 is 3.00 bits per heavy atom. The Bertz CT molecular complexity index is 520.